The average molecular weight is 323 g/mol. The molecule has 0 bridgehead atoms. The van der Waals surface area contributed by atoms with Gasteiger partial charge in [0.05, 0.1) is 0 Å². The number of hydrogen-bond acceptors (Lipinski definition) is 6. The maximum Gasteiger partial charge on any atom is 0.277 e. The van der Waals surface area contributed by atoms with Gasteiger partial charge in [-0.2, -0.15) is 0 Å². The average Bonchev–Trinajstić information content (AvgIpc) is 2.99. The van der Waals surface area contributed by atoms with Crippen LogP contribution >= 0.6 is 0 Å². The molecule has 0 fully saturated rings. The molecule has 2 heterocycles. The Hall–Kier alpha value is -3.22. The molecular weight excluding hydrogens is 306 g/mol. The minimum Gasteiger partial charge on any atom is -0.365 e. The summed E-state index contributed by atoms with van der Waals surface area (Å²) in [6, 6.07) is 13.2. The van der Waals surface area contributed by atoms with E-state index in [0.717, 1.165) is 5.56 Å². The van der Waals surface area contributed by atoms with E-state index in [4.69, 9.17) is 4.52 Å². The normalized spacial score (nSPS) is 10.4. The third-order valence-corrected chi connectivity index (χ3v) is 3.36. The quantitative estimate of drug-likeness (QED) is 0.750. The molecule has 7 heteroatoms. The molecule has 0 aliphatic rings. The third kappa shape index (κ3) is 3.95. The summed E-state index contributed by atoms with van der Waals surface area (Å²) in [5, 5.41) is 17.4. The molecule has 3 rings (SSSR count). The summed E-state index contributed by atoms with van der Waals surface area (Å²) in [5.41, 5.74) is 2.57. The Morgan fingerprint density at radius 3 is 2.46 bits per heavy atom. The highest BCUT2D eigenvalue weighted by molar-refractivity contribution is 6.02. The van der Waals surface area contributed by atoms with Crippen LogP contribution in [0.1, 0.15) is 27.4 Å². The number of nitrogens with zero attached hydrogens (tertiary/aromatic N) is 3. The van der Waals surface area contributed by atoms with Crippen molar-refractivity contribution in [3.63, 3.8) is 0 Å². The number of carbonyl (C=O) groups is 1. The number of hydrogen-bond donors (Lipinski definition) is 2. The summed E-state index contributed by atoms with van der Waals surface area (Å²) in [6.07, 6.45) is 0. The molecular formula is C17H17N5O2. The third-order valence-electron chi connectivity index (χ3n) is 3.36. The van der Waals surface area contributed by atoms with Gasteiger partial charge >= 0.3 is 0 Å². The van der Waals surface area contributed by atoms with Crippen LogP contribution in [0.2, 0.25) is 0 Å². The van der Waals surface area contributed by atoms with Crippen LogP contribution in [0.5, 0.6) is 0 Å². The smallest absolute Gasteiger partial charge is 0.277 e. The lowest BCUT2D eigenvalue weighted by Crippen LogP contribution is -2.15. The monoisotopic (exact) mass is 323 g/mol. The van der Waals surface area contributed by atoms with Crippen molar-refractivity contribution in [1.29, 1.82) is 0 Å². The van der Waals surface area contributed by atoms with Gasteiger partial charge in [0.25, 0.3) is 5.91 Å². The van der Waals surface area contributed by atoms with Crippen molar-refractivity contribution >= 4 is 17.5 Å². The number of aryl methyl sites for hydroxylation is 2. The van der Waals surface area contributed by atoms with Gasteiger partial charge in [0, 0.05) is 12.6 Å². The van der Waals surface area contributed by atoms with Crippen molar-refractivity contribution in [2.75, 3.05) is 10.6 Å². The van der Waals surface area contributed by atoms with E-state index < -0.39 is 0 Å². The lowest BCUT2D eigenvalue weighted by molar-refractivity contribution is 0.102. The lowest BCUT2D eigenvalue weighted by Gasteiger charge is -2.06. The van der Waals surface area contributed by atoms with Crippen LogP contribution in [0, 0.1) is 13.8 Å². The molecule has 24 heavy (non-hydrogen) atoms. The second-order valence-electron chi connectivity index (χ2n) is 5.42. The highest BCUT2D eigenvalue weighted by Crippen LogP contribution is 2.10. The fourth-order valence-electron chi connectivity index (χ4n) is 2.05. The highest BCUT2D eigenvalue weighted by atomic mass is 16.5. The van der Waals surface area contributed by atoms with Crippen molar-refractivity contribution in [3.05, 3.63) is 65.0 Å². The highest BCUT2D eigenvalue weighted by Gasteiger charge is 2.11. The first-order valence-corrected chi connectivity index (χ1v) is 7.48. The first-order valence-electron chi connectivity index (χ1n) is 7.48. The molecule has 2 aromatic heterocycles. The zero-order valence-electron chi connectivity index (χ0n) is 13.4. The number of amides is 1. The lowest BCUT2D eigenvalue weighted by atomic mass is 10.1. The molecule has 0 spiro atoms. The Morgan fingerprint density at radius 2 is 1.83 bits per heavy atom. The maximum atomic E-state index is 12.0. The SMILES string of the molecule is Cc1ccc(CNc2ccc(C(=O)Nc3cc(C)on3)nn2)cc1. The van der Waals surface area contributed by atoms with E-state index in [9.17, 15) is 4.79 Å². The van der Waals surface area contributed by atoms with E-state index in [1.165, 1.54) is 5.56 Å². The first-order chi connectivity index (χ1) is 11.6. The number of carbonyl (C=O) groups excluding carboxylic acids is 1. The fourth-order valence-corrected chi connectivity index (χ4v) is 2.05. The molecule has 0 radical (unpaired) electrons. The summed E-state index contributed by atoms with van der Waals surface area (Å²) in [7, 11) is 0. The van der Waals surface area contributed by atoms with E-state index in [1.54, 1.807) is 25.1 Å². The maximum absolute atomic E-state index is 12.0. The number of rotatable bonds is 5. The molecule has 0 saturated heterocycles. The van der Waals surface area contributed by atoms with Gasteiger partial charge in [-0.05, 0) is 31.5 Å². The molecule has 1 aromatic carbocycles. The Morgan fingerprint density at radius 1 is 1.04 bits per heavy atom. The summed E-state index contributed by atoms with van der Waals surface area (Å²) < 4.78 is 4.89. The van der Waals surface area contributed by atoms with E-state index in [-0.39, 0.29) is 11.6 Å². The molecule has 7 nitrogen and oxygen atoms in total. The molecule has 1 amide bonds. The molecule has 0 aliphatic heterocycles. The van der Waals surface area contributed by atoms with Gasteiger partial charge in [-0.25, -0.2) is 0 Å². The van der Waals surface area contributed by atoms with E-state index in [1.807, 2.05) is 6.92 Å². The van der Waals surface area contributed by atoms with Crippen molar-refractivity contribution in [2.24, 2.45) is 0 Å². The van der Waals surface area contributed by atoms with E-state index in [0.29, 0.717) is 23.9 Å². The fraction of sp³-hybridized carbons (Fsp3) is 0.176. The van der Waals surface area contributed by atoms with E-state index >= 15 is 0 Å². The number of aromatic nitrogens is 3. The number of nitrogens with one attached hydrogen (secondary N) is 2. The predicted molar refractivity (Wildman–Crippen MR) is 89.7 cm³/mol. The van der Waals surface area contributed by atoms with Gasteiger partial charge in [-0.15, -0.1) is 10.2 Å². The molecule has 3 aromatic rings. The molecule has 2 N–H and O–H groups in total. The van der Waals surface area contributed by atoms with Crippen LogP contribution in [-0.4, -0.2) is 21.3 Å². The summed E-state index contributed by atoms with van der Waals surface area (Å²) in [4.78, 5) is 12.0. The van der Waals surface area contributed by atoms with Crippen molar-refractivity contribution < 1.29 is 9.32 Å². The minimum absolute atomic E-state index is 0.205. The zero-order chi connectivity index (χ0) is 16.9. The first kappa shape index (κ1) is 15.7. The second kappa shape index (κ2) is 6.91. The van der Waals surface area contributed by atoms with Gasteiger partial charge in [0.15, 0.2) is 11.5 Å². The van der Waals surface area contributed by atoms with Gasteiger partial charge in [0.2, 0.25) is 0 Å². The largest absolute Gasteiger partial charge is 0.365 e. The zero-order valence-corrected chi connectivity index (χ0v) is 13.4. The molecule has 0 unspecified atom stereocenters. The summed E-state index contributed by atoms with van der Waals surface area (Å²) >= 11 is 0. The Balaban J connectivity index is 1.58. The van der Waals surface area contributed by atoms with Gasteiger partial charge in [-0.1, -0.05) is 35.0 Å². The number of anilines is 2. The van der Waals surface area contributed by atoms with Crippen LogP contribution in [0.4, 0.5) is 11.6 Å². The Labute approximate surface area is 139 Å². The van der Waals surface area contributed by atoms with E-state index in [2.05, 4.69) is 50.3 Å². The van der Waals surface area contributed by atoms with Gasteiger partial charge in [0.1, 0.15) is 11.6 Å². The second-order valence-corrected chi connectivity index (χ2v) is 5.42. The van der Waals surface area contributed by atoms with Gasteiger partial charge < -0.3 is 15.2 Å². The van der Waals surface area contributed by atoms with Crippen LogP contribution in [0.15, 0.2) is 47.0 Å². The summed E-state index contributed by atoms with van der Waals surface area (Å²) in [6.45, 7) is 4.43. The van der Waals surface area contributed by atoms with Gasteiger partial charge in [-0.3, -0.25) is 4.79 Å². The minimum atomic E-state index is -0.388. The van der Waals surface area contributed by atoms with Crippen molar-refractivity contribution in [1.82, 2.24) is 15.4 Å². The standard InChI is InChI=1S/C17H17N5O2/c1-11-3-5-13(6-4-11)10-18-15-8-7-14(20-21-15)17(23)19-16-9-12(2)24-22-16/h3-9H,10H2,1-2H3,(H,18,21)(H,19,22,23). The number of benzene rings is 1. The van der Waals surface area contributed by atoms with Crippen LogP contribution < -0.4 is 10.6 Å². The van der Waals surface area contributed by atoms with Crippen molar-refractivity contribution in [2.45, 2.75) is 20.4 Å². The summed E-state index contributed by atoms with van der Waals surface area (Å²) in [5.74, 6) is 1.18. The predicted octanol–water partition coefficient (Wildman–Crippen LogP) is 2.95. The van der Waals surface area contributed by atoms with Crippen LogP contribution in [0.25, 0.3) is 0 Å². The molecule has 122 valence electrons. The topological polar surface area (TPSA) is 92.9 Å². The molecule has 0 saturated carbocycles. The molecule has 0 atom stereocenters. The molecule has 0 aliphatic carbocycles. The Kier molecular flexibility index (Phi) is 4.51. The van der Waals surface area contributed by atoms with Crippen LogP contribution in [-0.2, 0) is 6.54 Å². The van der Waals surface area contributed by atoms with Crippen molar-refractivity contribution in [3.8, 4) is 0 Å². The van der Waals surface area contributed by atoms with Crippen LogP contribution in [0.3, 0.4) is 0 Å². The Bertz CT molecular complexity index is 825.